The molecule has 0 aromatic heterocycles. The molecule has 1 aliphatic heterocycles. The Morgan fingerprint density at radius 1 is 1.07 bits per heavy atom. The number of guanidine groups is 1. The molecule has 0 bridgehead atoms. The van der Waals surface area contributed by atoms with Crippen molar-refractivity contribution in [3.63, 3.8) is 0 Å². The molecule has 158 valence electrons. The standard InChI is InChI=1S/C22H33N5O2/c1-16(28)27-12-10-19(11-13-27)24-22(23-15-21(29)26(2)3)25-20-9-8-17-6-4-5-7-18(17)14-20/h4-7,19-20H,8-15H2,1-3H3,(H2,23,24,25). The van der Waals surface area contributed by atoms with Gasteiger partial charge in [-0.2, -0.15) is 0 Å². The van der Waals surface area contributed by atoms with Gasteiger partial charge in [0.25, 0.3) is 0 Å². The number of nitrogens with one attached hydrogen (secondary N) is 2. The Balaban J connectivity index is 1.63. The first-order valence-corrected chi connectivity index (χ1v) is 10.5. The summed E-state index contributed by atoms with van der Waals surface area (Å²) in [5.74, 6) is 0.810. The molecular formula is C22H33N5O2. The highest BCUT2D eigenvalue weighted by atomic mass is 16.2. The van der Waals surface area contributed by atoms with Crippen molar-refractivity contribution in [3.8, 4) is 0 Å². The zero-order valence-corrected chi connectivity index (χ0v) is 17.8. The zero-order chi connectivity index (χ0) is 20.8. The Labute approximate surface area is 173 Å². The topological polar surface area (TPSA) is 77.0 Å². The predicted octanol–water partition coefficient (Wildman–Crippen LogP) is 1.18. The summed E-state index contributed by atoms with van der Waals surface area (Å²) in [7, 11) is 3.49. The molecular weight excluding hydrogens is 366 g/mol. The fraction of sp³-hybridized carbons (Fsp3) is 0.591. The van der Waals surface area contributed by atoms with Crippen LogP contribution in [0.4, 0.5) is 0 Å². The zero-order valence-electron chi connectivity index (χ0n) is 17.8. The van der Waals surface area contributed by atoms with Crippen LogP contribution in [-0.4, -0.2) is 73.4 Å². The van der Waals surface area contributed by atoms with Gasteiger partial charge in [0.2, 0.25) is 11.8 Å². The van der Waals surface area contributed by atoms with Gasteiger partial charge in [-0.1, -0.05) is 24.3 Å². The number of piperidine rings is 1. The summed E-state index contributed by atoms with van der Waals surface area (Å²) in [6, 6.07) is 9.14. The molecule has 0 spiro atoms. The van der Waals surface area contributed by atoms with E-state index in [9.17, 15) is 9.59 Å². The summed E-state index contributed by atoms with van der Waals surface area (Å²) in [6.07, 6.45) is 4.82. The summed E-state index contributed by atoms with van der Waals surface area (Å²) in [6.45, 7) is 3.26. The van der Waals surface area contributed by atoms with Crippen LogP contribution < -0.4 is 10.6 Å². The van der Waals surface area contributed by atoms with Gasteiger partial charge >= 0.3 is 0 Å². The van der Waals surface area contributed by atoms with E-state index in [0.29, 0.717) is 12.0 Å². The van der Waals surface area contributed by atoms with Gasteiger partial charge in [0.05, 0.1) is 0 Å². The van der Waals surface area contributed by atoms with E-state index in [1.54, 1.807) is 25.9 Å². The molecule has 0 saturated carbocycles. The summed E-state index contributed by atoms with van der Waals surface area (Å²) in [4.78, 5) is 31.6. The second-order valence-corrected chi connectivity index (χ2v) is 8.23. The summed E-state index contributed by atoms with van der Waals surface area (Å²) < 4.78 is 0. The van der Waals surface area contributed by atoms with Crippen molar-refractivity contribution in [1.29, 1.82) is 0 Å². The highest BCUT2D eigenvalue weighted by molar-refractivity contribution is 5.85. The van der Waals surface area contributed by atoms with Gasteiger partial charge < -0.3 is 20.4 Å². The van der Waals surface area contributed by atoms with Gasteiger partial charge in [0, 0.05) is 46.2 Å². The first-order chi connectivity index (χ1) is 13.9. The second-order valence-electron chi connectivity index (χ2n) is 8.23. The number of rotatable bonds is 4. The number of carbonyl (C=O) groups is 2. The molecule has 2 amide bonds. The molecule has 1 heterocycles. The quantitative estimate of drug-likeness (QED) is 0.589. The van der Waals surface area contributed by atoms with Crippen LogP contribution >= 0.6 is 0 Å². The van der Waals surface area contributed by atoms with E-state index in [1.807, 2.05) is 4.90 Å². The van der Waals surface area contributed by atoms with Gasteiger partial charge in [0.15, 0.2) is 5.96 Å². The lowest BCUT2D eigenvalue weighted by molar-refractivity contribution is -0.130. The van der Waals surface area contributed by atoms with Crippen LogP contribution in [0.15, 0.2) is 29.3 Å². The molecule has 1 aromatic rings. The lowest BCUT2D eigenvalue weighted by Gasteiger charge is -2.34. The van der Waals surface area contributed by atoms with Crippen molar-refractivity contribution in [1.82, 2.24) is 20.4 Å². The number of aliphatic imine (C=N–C) groups is 1. The first-order valence-electron chi connectivity index (χ1n) is 10.5. The Morgan fingerprint density at radius 2 is 1.72 bits per heavy atom. The van der Waals surface area contributed by atoms with Gasteiger partial charge in [-0.3, -0.25) is 9.59 Å². The lowest BCUT2D eigenvalue weighted by Crippen LogP contribution is -2.52. The molecule has 3 rings (SSSR count). The van der Waals surface area contributed by atoms with Crippen LogP contribution in [0.2, 0.25) is 0 Å². The predicted molar refractivity (Wildman–Crippen MR) is 115 cm³/mol. The number of nitrogens with zero attached hydrogens (tertiary/aromatic N) is 3. The third-order valence-corrected chi connectivity index (χ3v) is 5.84. The van der Waals surface area contributed by atoms with Crippen LogP contribution in [0.5, 0.6) is 0 Å². The Kier molecular flexibility index (Phi) is 7.12. The van der Waals surface area contributed by atoms with E-state index in [2.05, 4.69) is 39.9 Å². The number of likely N-dealkylation sites (tertiary alicyclic amines) is 1. The second kappa shape index (κ2) is 9.76. The average molecular weight is 400 g/mol. The molecule has 2 aliphatic rings. The van der Waals surface area contributed by atoms with Gasteiger partial charge in [-0.05, 0) is 43.2 Å². The molecule has 0 radical (unpaired) electrons. The lowest BCUT2D eigenvalue weighted by atomic mass is 9.88. The van der Waals surface area contributed by atoms with E-state index >= 15 is 0 Å². The Morgan fingerprint density at radius 3 is 2.38 bits per heavy atom. The van der Waals surface area contributed by atoms with E-state index in [-0.39, 0.29) is 24.4 Å². The first kappa shape index (κ1) is 21.1. The molecule has 7 heteroatoms. The van der Waals surface area contributed by atoms with Crippen LogP contribution in [0, 0.1) is 0 Å². The monoisotopic (exact) mass is 399 g/mol. The number of hydrogen-bond donors (Lipinski definition) is 2. The molecule has 1 saturated heterocycles. The van der Waals surface area contributed by atoms with Crippen molar-refractivity contribution < 1.29 is 9.59 Å². The van der Waals surface area contributed by atoms with E-state index in [0.717, 1.165) is 45.2 Å². The maximum atomic E-state index is 12.0. The molecule has 2 N–H and O–H groups in total. The molecule has 29 heavy (non-hydrogen) atoms. The Bertz CT molecular complexity index is 753. The van der Waals surface area contributed by atoms with Crippen molar-refractivity contribution >= 4 is 17.8 Å². The van der Waals surface area contributed by atoms with Gasteiger partial charge in [-0.15, -0.1) is 0 Å². The number of likely N-dealkylation sites (N-methyl/N-ethyl adjacent to an activating group) is 1. The summed E-state index contributed by atoms with van der Waals surface area (Å²) in [5, 5.41) is 7.07. The highest BCUT2D eigenvalue weighted by Gasteiger charge is 2.24. The Hall–Kier alpha value is -2.57. The van der Waals surface area contributed by atoms with Crippen molar-refractivity contribution in [2.45, 2.75) is 51.1 Å². The average Bonchev–Trinajstić information content (AvgIpc) is 2.72. The third-order valence-electron chi connectivity index (χ3n) is 5.84. The highest BCUT2D eigenvalue weighted by Crippen LogP contribution is 2.21. The minimum absolute atomic E-state index is 0.0218. The molecule has 1 aliphatic carbocycles. The maximum Gasteiger partial charge on any atom is 0.243 e. The summed E-state index contributed by atoms with van der Waals surface area (Å²) >= 11 is 0. The SMILES string of the molecule is CC(=O)N1CCC(NC(=NCC(=O)N(C)C)NC2CCc3ccccc3C2)CC1. The van der Waals surface area contributed by atoms with Gasteiger partial charge in [-0.25, -0.2) is 4.99 Å². The van der Waals surface area contributed by atoms with Crippen molar-refractivity contribution in [3.05, 3.63) is 35.4 Å². The maximum absolute atomic E-state index is 12.0. The van der Waals surface area contributed by atoms with Crippen LogP contribution in [0.25, 0.3) is 0 Å². The fourth-order valence-electron chi connectivity index (χ4n) is 3.97. The minimum atomic E-state index is -0.0218. The third kappa shape index (κ3) is 5.95. The van der Waals surface area contributed by atoms with Crippen molar-refractivity contribution in [2.24, 2.45) is 4.99 Å². The van der Waals surface area contributed by atoms with E-state index < -0.39 is 0 Å². The minimum Gasteiger partial charge on any atom is -0.354 e. The number of hydrogen-bond acceptors (Lipinski definition) is 3. The molecule has 1 aromatic carbocycles. The fourth-order valence-corrected chi connectivity index (χ4v) is 3.97. The van der Waals surface area contributed by atoms with Crippen LogP contribution in [-0.2, 0) is 22.4 Å². The normalized spacial score (nSPS) is 20.0. The number of amides is 2. The van der Waals surface area contributed by atoms with Crippen LogP contribution in [0.1, 0.15) is 37.3 Å². The van der Waals surface area contributed by atoms with Crippen LogP contribution in [0.3, 0.4) is 0 Å². The van der Waals surface area contributed by atoms with E-state index in [4.69, 9.17) is 0 Å². The number of aryl methyl sites for hydroxylation is 1. The number of fused-ring (bicyclic) bond motifs is 1. The smallest absolute Gasteiger partial charge is 0.243 e. The van der Waals surface area contributed by atoms with Crippen molar-refractivity contribution in [2.75, 3.05) is 33.7 Å². The molecule has 7 nitrogen and oxygen atoms in total. The number of benzene rings is 1. The molecule has 1 atom stereocenters. The number of carbonyl (C=O) groups excluding carboxylic acids is 2. The largest absolute Gasteiger partial charge is 0.354 e. The summed E-state index contributed by atoms with van der Waals surface area (Å²) in [5.41, 5.74) is 2.81. The van der Waals surface area contributed by atoms with E-state index in [1.165, 1.54) is 11.1 Å². The molecule has 1 fully saturated rings. The molecule has 1 unspecified atom stereocenters. The van der Waals surface area contributed by atoms with Gasteiger partial charge in [0.1, 0.15) is 6.54 Å².